The first-order chi connectivity index (χ1) is 14.3. The van der Waals surface area contributed by atoms with Crippen molar-refractivity contribution in [3.05, 3.63) is 23.8 Å². The van der Waals surface area contributed by atoms with Gasteiger partial charge in [0, 0.05) is 30.8 Å². The molecule has 0 radical (unpaired) electrons. The topological polar surface area (TPSA) is 58.8 Å². The molecular weight excluding hydrogens is 358 g/mol. The SMILES string of the molecule is CCCCCCCCOC1CCC(c2cnc(C3CCC(C#N)CC3)nc2)CC1. The van der Waals surface area contributed by atoms with Crippen LogP contribution in [0.3, 0.4) is 0 Å². The maximum Gasteiger partial charge on any atom is 0.131 e. The molecule has 2 aliphatic carbocycles. The first-order valence-electron chi connectivity index (χ1n) is 12.1. The lowest BCUT2D eigenvalue weighted by Crippen LogP contribution is -2.21. The van der Waals surface area contributed by atoms with Gasteiger partial charge in [0.05, 0.1) is 12.2 Å². The summed E-state index contributed by atoms with van der Waals surface area (Å²) in [6.07, 6.45) is 21.4. The minimum absolute atomic E-state index is 0.240. The van der Waals surface area contributed by atoms with E-state index in [1.54, 1.807) is 0 Å². The number of hydrogen-bond acceptors (Lipinski definition) is 4. The highest BCUT2D eigenvalue weighted by molar-refractivity contribution is 5.14. The summed E-state index contributed by atoms with van der Waals surface area (Å²) in [6.45, 7) is 3.20. The Balaban J connectivity index is 1.34. The lowest BCUT2D eigenvalue weighted by atomic mass is 9.82. The van der Waals surface area contributed by atoms with Crippen molar-refractivity contribution < 1.29 is 4.74 Å². The quantitative estimate of drug-likeness (QED) is 0.413. The molecule has 4 nitrogen and oxygen atoms in total. The van der Waals surface area contributed by atoms with Crippen molar-refractivity contribution in [3.8, 4) is 6.07 Å². The van der Waals surface area contributed by atoms with Gasteiger partial charge in [0.25, 0.3) is 0 Å². The highest BCUT2D eigenvalue weighted by Crippen LogP contribution is 2.36. The van der Waals surface area contributed by atoms with Crippen LogP contribution >= 0.6 is 0 Å². The van der Waals surface area contributed by atoms with Gasteiger partial charge in [-0.05, 0) is 69.3 Å². The minimum Gasteiger partial charge on any atom is -0.378 e. The van der Waals surface area contributed by atoms with Crippen LogP contribution in [0.25, 0.3) is 0 Å². The van der Waals surface area contributed by atoms with Gasteiger partial charge in [-0.2, -0.15) is 5.26 Å². The van der Waals surface area contributed by atoms with Gasteiger partial charge >= 0.3 is 0 Å². The number of nitrogens with zero attached hydrogens (tertiary/aromatic N) is 3. The molecule has 2 fully saturated rings. The van der Waals surface area contributed by atoms with Gasteiger partial charge in [0.15, 0.2) is 0 Å². The van der Waals surface area contributed by atoms with Crippen LogP contribution in [0.15, 0.2) is 12.4 Å². The van der Waals surface area contributed by atoms with Gasteiger partial charge in [0.2, 0.25) is 0 Å². The largest absolute Gasteiger partial charge is 0.378 e. The standard InChI is InChI=1S/C25H39N3O/c1-2-3-4-5-6-7-16-29-24-14-12-21(13-15-24)23-18-27-25(28-19-23)22-10-8-20(17-26)9-11-22/h18-22,24H,2-16H2,1H3. The van der Waals surface area contributed by atoms with Crippen LogP contribution in [0.1, 0.15) is 120 Å². The molecular formula is C25H39N3O. The molecule has 0 spiro atoms. The molecule has 29 heavy (non-hydrogen) atoms. The summed E-state index contributed by atoms with van der Waals surface area (Å²) in [5.41, 5.74) is 1.30. The highest BCUT2D eigenvalue weighted by Gasteiger charge is 2.26. The predicted molar refractivity (Wildman–Crippen MR) is 117 cm³/mol. The normalized spacial score (nSPS) is 27.4. The van der Waals surface area contributed by atoms with E-state index in [9.17, 15) is 0 Å². The summed E-state index contributed by atoms with van der Waals surface area (Å²) in [5, 5.41) is 9.06. The lowest BCUT2D eigenvalue weighted by molar-refractivity contribution is 0.0225. The first-order valence-corrected chi connectivity index (χ1v) is 12.1. The number of unbranched alkanes of at least 4 members (excludes halogenated alkanes) is 5. The van der Waals surface area contributed by atoms with Crippen molar-refractivity contribution in [1.82, 2.24) is 9.97 Å². The molecule has 0 bridgehead atoms. The number of hydrogen-bond donors (Lipinski definition) is 0. The number of aromatic nitrogens is 2. The van der Waals surface area contributed by atoms with Crippen LogP contribution in [0.4, 0.5) is 0 Å². The molecule has 2 saturated carbocycles. The summed E-state index contributed by atoms with van der Waals surface area (Å²) in [7, 11) is 0. The molecule has 1 aromatic heterocycles. The maximum absolute atomic E-state index is 9.06. The smallest absolute Gasteiger partial charge is 0.131 e. The fourth-order valence-corrected chi connectivity index (χ4v) is 4.95. The fraction of sp³-hybridized carbons (Fsp3) is 0.800. The maximum atomic E-state index is 9.06. The Morgan fingerprint density at radius 2 is 1.48 bits per heavy atom. The molecule has 0 N–H and O–H groups in total. The van der Waals surface area contributed by atoms with Crippen LogP contribution in [-0.4, -0.2) is 22.7 Å². The molecule has 2 aliphatic rings. The molecule has 0 saturated heterocycles. The Kier molecular flexibility index (Phi) is 9.41. The van der Waals surface area contributed by atoms with E-state index in [2.05, 4.69) is 25.4 Å². The van der Waals surface area contributed by atoms with E-state index in [1.807, 2.05) is 0 Å². The zero-order valence-electron chi connectivity index (χ0n) is 18.3. The summed E-state index contributed by atoms with van der Waals surface area (Å²) < 4.78 is 6.14. The van der Waals surface area contributed by atoms with E-state index in [0.717, 1.165) is 38.1 Å². The van der Waals surface area contributed by atoms with Crippen molar-refractivity contribution >= 4 is 0 Å². The Hall–Kier alpha value is -1.47. The van der Waals surface area contributed by atoms with Crippen molar-refractivity contribution in [2.75, 3.05) is 6.61 Å². The summed E-state index contributed by atoms with van der Waals surface area (Å²) >= 11 is 0. The second-order valence-electron chi connectivity index (χ2n) is 9.16. The molecule has 1 heterocycles. The molecule has 4 heteroatoms. The van der Waals surface area contributed by atoms with Gasteiger partial charge in [-0.3, -0.25) is 0 Å². The third-order valence-corrected chi connectivity index (χ3v) is 6.96. The monoisotopic (exact) mass is 397 g/mol. The third kappa shape index (κ3) is 7.07. The van der Waals surface area contributed by atoms with Crippen molar-refractivity contribution in [3.63, 3.8) is 0 Å². The number of rotatable bonds is 10. The van der Waals surface area contributed by atoms with E-state index < -0.39 is 0 Å². The molecule has 160 valence electrons. The zero-order chi connectivity index (χ0) is 20.3. The zero-order valence-corrected chi connectivity index (χ0v) is 18.3. The second kappa shape index (κ2) is 12.3. The van der Waals surface area contributed by atoms with Gasteiger partial charge in [-0.25, -0.2) is 9.97 Å². The molecule has 0 amide bonds. The molecule has 0 aliphatic heterocycles. The number of nitriles is 1. The van der Waals surface area contributed by atoms with E-state index >= 15 is 0 Å². The van der Waals surface area contributed by atoms with Crippen molar-refractivity contribution in [1.29, 1.82) is 5.26 Å². The molecule has 0 aromatic carbocycles. The second-order valence-corrected chi connectivity index (χ2v) is 9.16. The van der Waals surface area contributed by atoms with E-state index in [-0.39, 0.29) is 5.92 Å². The van der Waals surface area contributed by atoms with E-state index in [1.165, 1.54) is 69.8 Å². The Labute approximate surface area is 177 Å². The third-order valence-electron chi connectivity index (χ3n) is 6.96. The van der Waals surface area contributed by atoms with E-state index in [4.69, 9.17) is 20.0 Å². The molecule has 0 unspecified atom stereocenters. The number of ether oxygens (including phenoxy) is 1. The van der Waals surface area contributed by atoms with Gasteiger partial charge in [-0.15, -0.1) is 0 Å². The van der Waals surface area contributed by atoms with Gasteiger partial charge in [-0.1, -0.05) is 39.0 Å². The summed E-state index contributed by atoms with van der Waals surface area (Å²) in [6, 6.07) is 2.41. The van der Waals surface area contributed by atoms with Crippen molar-refractivity contribution in [2.45, 2.75) is 115 Å². The van der Waals surface area contributed by atoms with Gasteiger partial charge in [0.1, 0.15) is 5.82 Å². The van der Waals surface area contributed by atoms with Crippen LogP contribution in [0, 0.1) is 17.2 Å². The molecule has 0 atom stereocenters. The molecule has 3 rings (SSSR count). The first kappa shape index (κ1) is 22.2. The van der Waals surface area contributed by atoms with Crippen LogP contribution in [-0.2, 0) is 4.74 Å². The Morgan fingerprint density at radius 1 is 0.862 bits per heavy atom. The van der Waals surface area contributed by atoms with Crippen LogP contribution in [0.5, 0.6) is 0 Å². The summed E-state index contributed by atoms with van der Waals surface area (Å²) in [4.78, 5) is 9.43. The fourth-order valence-electron chi connectivity index (χ4n) is 4.95. The van der Waals surface area contributed by atoms with E-state index in [0.29, 0.717) is 17.9 Å². The minimum atomic E-state index is 0.240. The average molecular weight is 398 g/mol. The van der Waals surface area contributed by atoms with Crippen LogP contribution < -0.4 is 0 Å². The highest BCUT2D eigenvalue weighted by atomic mass is 16.5. The predicted octanol–water partition coefficient (Wildman–Crippen LogP) is 6.68. The molecule has 1 aromatic rings. The summed E-state index contributed by atoms with van der Waals surface area (Å²) in [5.74, 6) is 2.26. The average Bonchev–Trinajstić information content (AvgIpc) is 2.79. The van der Waals surface area contributed by atoms with Crippen LogP contribution in [0.2, 0.25) is 0 Å². The van der Waals surface area contributed by atoms with Gasteiger partial charge < -0.3 is 4.74 Å². The Bertz CT molecular complexity index is 608. The Morgan fingerprint density at radius 3 is 2.14 bits per heavy atom. The van der Waals surface area contributed by atoms with Crippen molar-refractivity contribution in [2.24, 2.45) is 5.92 Å². The lowest BCUT2D eigenvalue weighted by Gasteiger charge is -2.29.